The molecule has 1 saturated heterocycles. The van der Waals surface area contributed by atoms with Crippen LogP contribution >= 0.6 is 0 Å². The quantitative estimate of drug-likeness (QED) is 0.904. The number of aromatic hydroxyl groups is 1. The van der Waals surface area contributed by atoms with E-state index >= 15 is 0 Å². The molecule has 3 heteroatoms. The number of hydrogen-bond donors (Lipinski definition) is 1. The molecule has 0 saturated carbocycles. The van der Waals surface area contributed by atoms with E-state index in [1.807, 2.05) is 18.2 Å². The van der Waals surface area contributed by atoms with Gasteiger partial charge in [0.05, 0.1) is 0 Å². The highest BCUT2D eigenvalue weighted by atomic mass is 16.3. The van der Waals surface area contributed by atoms with Crippen LogP contribution in [0.25, 0.3) is 0 Å². The predicted octanol–water partition coefficient (Wildman–Crippen LogP) is 2.73. The summed E-state index contributed by atoms with van der Waals surface area (Å²) in [6.45, 7) is 5.65. The second kappa shape index (κ2) is 6.40. The average molecular weight is 262 g/mol. The molecular weight excluding hydrogens is 236 g/mol. The van der Waals surface area contributed by atoms with Crippen LogP contribution in [0.2, 0.25) is 0 Å². The maximum absolute atomic E-state index is 9.95. The lowest BCUT2D eigenvalue weighted by molar-refractivity contribution is 0.126. The van der Waals surface area contributed by atoms with E-state index in [0.717, 1.165) is 24.6 Å². The Morgan fingerprint density at radius 2 is 1.89 bits per heavy atom. The zero-order valence-corrected chi connectivity index (χ0v) is 12.3. The summed E-state index contributed by atoms with van der Waals surface area (Å²) < 4.78 is 0. The average Bonchev–Trinajstić information content (AvgIpc) is 2.39. The fourth-order valence-corrected chi connectivity index (χ4v) is 3.08. The van der Waals surface area contributed by atoms with Gasteiger partial charge in [-0.1, -0.05) is 18.2 Å². The van der Waals surface area contributed by atoms with E-state index in [1.165, 1.54) is 19.4 Å². The lowest BCUT2D eigenvalue weighted by Crippen LogP contribution is -2.38. The van der Waals surface area contributed by atoms with Crippen LogP contribution in [0.15, 0.2) is 24.3 Å². The van der Waals surface area contributed by atoms with Gasteiger partial charge in [-0.15, -0.1) is 0 Å². The van der Waals surface area contributed by atoms with E-state index in [9.17, 15) is 5.11 Å². The van der Waals surface area contributed by atoms with E-state index < -0.39 is 0 Å². The van der Waals surface area contributed by atoms with Gasteiger partial charge >= 0.3 is 0 Å². The summed E-state index contributed by atoms with van der Waals surface area (Å²) in [5.41, 5.74) is 1.05. The zero-order valence-electron chi connectivity index (χ0n) is 12.3. The summed E-state index contributed by atoms with van der Waals surface area (Å²) in [4.78, 5) is 4.77. The summed E-state index contributed by atoms with van der Waals surface area (Å²) in [7, 11) is 4.30. The molecule has 1 aromatic rings. The van der Waals surface area contributed by atoms with Crippen molar-refractivity contribution in [1.29, 1.82) is 0 Å². The smallest absolute Gasteiger partial charge is 0.120 e. The highest BCUT2D eigenvalue weighted by Crippen LogP contribution is 2.31. The first-order valence-corrected chi connectivity index (χ1v) is 7.24. The van der Waals surface area contributed by atoms with Crippen LogP contribution < -0.4 is 0 Å². The van der Waals surface area contributed by atoms with Crippen LogP contribution in [0.1, 0.15) is 31.4 Å². The molecule has 3 nitrogen and oxygen atoms in total. The molecule has 0 radical (unpaired) electrons. The zero-order chi connectivity index (χ0) is 13.8. The maximum Gasteiger partial charge on any atom is 0.120 e. The largest absolute Gasteiger partial charge is 0.508 e. The molecule has 2 rings (SSSR count). The Labute approximate surface area is 116 Å². The third-order valence-electron chi connectivity index (χ3n) is 4.21. The van der Waals surface area contributed by atoms with Gasteiger partial charge in [-0.3, -0.25) is 4.90 Å². The van der Waals surface area contributed by atoms with Crippen LogP contribution in [0.5, 0.6) is 5.75 Å². The molecule has 0 amide bonds. The van der Waals surface area contributed by atoms with Gasteiger partial charge in [0, 0.05) is 18.2 Å². The second-order valence-electron chi connectivity index (χ2n) is 5.98. The third kappa shape index (κ3) is 3.71. The standard InChI is InChI=1S/C16H26N2O/c1-13(15-6-4-5-7-16(15)19)18-10-8-14(9-11-18)12-17(2)3/h4-7,13-14,19H,8-12H2,1-3H3. The number of phenols is 1. The summed E-state index contributed by atoms with van der Waals surface area (Å²) in [6.07, 6.45) is 2.52. The van der Waals surface area contributed by atoms with Gasteiger partial charge in [0.1, 0.15) is 5.75 Å². The highest BCUT2D eigenvalue weighted by molar-refractivity contribution is 5.34. The Kier molecular flexibility index (Phi) is 4.83. The van der Waals surface area contributed by atoms with E-state index in [1.54, 1.807) is 6.07 Å². The Bertz CT molecular complexity index is 397. The van der Waals surface area contributed by atoms with E-state index in [0.29, 0.717) is 11.8 Å². The number of nitrogens with zero attached hydrogens (tertiary/aromatic N) is 2. The molecule has 1 atom stereocenters. The molecule has 0 spiro atoms. The Balaban J connectivity index is 1.93. The Morgan fingerprint density at radius 1 is 1.26 bits per heavy atom. The summed E-state index contributed by atoms with van der Waals surface area (Å²) in [6, 6.07) is 8.01. The fourth-order valence-electron chi connectivity index (χ4n) is 3.08. The first-order chi connectivity index (χ1) is 9.08. The molecule has 1 N–H and O–H groups in total. The number of phenolic OH excluding ortho intramolecular Hbond substituents is 1. The fraction of sp³-hybridized carbons (Fsp3) is 0.625. The minimum atomic E-state index is 0.307. The molecule has 1 heterocycles. The summed E-state index contributed by atoms with van der Waals surface area (Å²) in [5, 5.41) is 9.95. The van der Waals surface area contributed by atoms with E-state index in [4.69, 9.17) is 0 Å². The van der Waals surface area contributed by atoms with Crippen LogP contribution in [0, 0.1) is 5.92 Å². The number of likely N-dealkylation sites (tertiary alicyclic amines) is 1. The molecule has 0 bridgehead atoms. The molecule has 1 aliphatic heterocycles. The Morgan fingerprint density at radius 3 is 2.47 bits per heavy atom. The first-order valence-electron chi connectivity index (χ1n) is 7.24. The van der Waals surface area contributed by atoms with Gasteiger partial charge in [-0.05, 0) is 58.9 Å². The minimum Gasteiger partial charge on any atom is -0.508 e. The Hall–Kier alpha value is -1.06. The van der Waals surface area contributed by atoms with Crippen molar-refractivity contribution in [2.45, 2.75) is 25.8 Å². The van der Waals surface area contributed by atoms with Crippen molar-refractivity contribution in [3.8, 4) is 5.75 Å². The molecule has 106 valence electrons. The van der Waals surface area contributed by atoms with Crippen molar-refractivity contribution >= 4 is 0 Å². The number of para-hydroxylation sites is 1. The molecule has 19 heavy (non-hydrogen) atoms. The third-order valence-corrected chi connectivity index (χ3v) is 4.21. The molecular formula is C16H26N2O. The molecule has 1 aromatic carbocycles. The van der Waals surface area contributed by atoms with Crippen molar-refractivity contribution in [2.75, 3.05) is 33.7 Å². The predicted molar refractivity (Wildman–Crippen MR) is 79.4 cm³/mol. The molecule has 0 aliphatic carbocycles. The van der Waals surface area contributed by atoms with Gasteiger partial charge in [0.2, 0.25) is 0 Å². The van der Waals surface area contributed by atoms with Gasteiger partial charge in [-0.2, -0.15) is 0 Å². The molecule has 1 fully saturated rings. The number of rotatable bonds is 4. The second-order valence-corrected chi connectivity index (χ2v) is 5.98. The molecule has 0 aromatic heterocycles. The van der Waals surface area contributed by atoms with Crippen molar-refractivity contribution < 1.29 is 5.11 Å². The lowest BCUT2D eigenvalue weighted by Gasteiger charge is -2.37. The SMILES string of the molecule is CC(c1ccccc1O)N1CCC(CN(C)C)CC1. The van der Waals surface area contributed by atoms with E-state index in [2.05, 4.69) is 30.8 Å². The first kappa shape index (κ1) is 14.4. The summed E-state index contributed by atoms with van der Waals surface area (Å²) >= 11 is 0. The van der Waals surface area contributed by atoms with Gasteiger partial charge in [0.25, 0.3) is 0 Å². The minimum absolute atomic E-state index is 0.307. The van der Waals surface area contributed by atoms with Crippen molar-refractivity contribution in [3.05, 3.63) is 29.8 Å². The van der Waals surface area contributed by atoms with Crippen LogP contribution in [0.4, 0.5) is 0 Å². The van der Waals surface area contributed by atoms with Crippen molar-refractivity contribution in [3.63, 3.8) is 0 Å². The topological polar surface area (TPSA) is 26.7 Å². The van der Waals surface area contributed by atoms with Crippen LogP contribution in [-0.2, 0) is 0 Å². The van der Waals surface area contributed by atoms with Gasteiger partial charge < -0.3 is 10.0 Å². The van der Waals surface area contributed by atoms with Crippen LogP contribution in [0.3, 0.4) is 0 Å². The summed E-state index contributed by atoms with van der Waals surface area (Å²) in [5.74, 6) is 1.24. The molecule has 1 aliphatic rings. The number of benzene rings is 1. The van der Waals surface area contributed by atoms with Crippen molar-refractivity contribution in [2.24, 2.45) is 5.92 Å². The van der Waals surface area contributed by atoms with Crippen LogP contribution in [-0.4, -0.2) is 48.6 Å². The van der Waals surface area contributed by atoms with Gasteiger partial charge in [0.15, 0.2) is 0 Å². The number of hydrogen-bond acceptors (Lipinski definition) is 3. The van der Waals surface area contributed by atoms with Gasteiger partial charge in [-0.25, -0.2) is 0 Å². The highest BCUT2D eigenvalue weighted by Gasteiger charge is 2.24. The maximum atomic E-state index is 9.95. The van der Waals surface area contributed by atoms with E-state index in [-0.39, 0.29) is 0 Å². The molecule has 1 unspecified atom stereocenters. The number of piperidine rings is 1. The lowest BCUT2D eigenvalue weighted by atomic mass is 9.94. The van der Waals surface area contributed by atoms with Crippen molar-refractivity contribution in [1.82, 2.24) is 9.80 Å². The monoisotopic (exact) mass is 262 g/mol. The normalized spacial score (nSPS) is 19.8.